The second-order valence-corrected chi connectivity index (χ2v) is 4.86. The van der Waals surface area contributed by atoms with Crippen molar-refractivity contribution in [2.24, 2.45) is 11.8 Å². The molecule has 3 saturated heterocycles. The molecule has 3 nitrogen and oxygen atoms in total. The molecule has 0 radical (unpaired) electrons. The smallest absolute Gasteiger partial charge is 0.226 e. The predicted molar refractivity (Wildman–Crippen MR) is 49.2 cm³/mol. The van der Waals surface area contributed by atoms with Crippen LogP contribution in [0.5, 0.6) is 0 Å². The van der Waals surface area contributed by atoms with E-state index >= 15 is 0 Å². The summed E-state index contributed by atoms with van der Waals surface area (Å²) in [5.41, 5.74) is 0. The number of nitrogens with one attached hydrogen (secondary N) is 1. The third-order valence-electron chi connectivity index (χ3n) is 3.66. The maximum atomic E-state index is 11.8. The fourth-order valence-electron chi connectivity index (χ4n) is 2.59. The first-order valence-electron chi connectivity index (χ1n) is 5.29. The zero-order valence-electron chi connectivity index (χ0n) is 7.99. The Morgan fingerprint density at radius 2 is 1.85 bits per heavy atom. The van der Waals surface area contributed by atoms with Crippen molar-refractivity contribution in [2.75, 3.05) is 13.1 Å². The van der Waals surface area contributed by atoms with Gasteiger partial charge in [-0.2, -0.15) is 0 Å². The molecule has 1 N–H and O–H groups in total. The minimum Gasteiger partial charge on any atom is -0.339 e. The lowest BCUT2D eigenvalue weighted by Gasteiger charge is -2.48. The average molecular weight is 180 g/mol. The number of nitrogens with zero attached hydrogens (tertiary/aromatic N) is 1. The van der Waals surface area contributed by atoms with Crippen LogP contribution in [0.25, 0.3) is 0 Å². The van der Waals surface area contributed by atoms with Gasteiger partial charge < -0.3 is 10.2 Å². The first-order valence-corrected chi connectivity index (χ1v) is 5.29. The summed E-state index contributed by atoms with van der Waals surface area (Å²) in [6, 6.07) is 1.22. The summed E-state index contributed by atoms with van der Waals surface area (Å²) in [6.07, 6.45) is 2.40. The Balaban J connectivity index is 1.63. The number of piperidine rings is 1. The Labute approximate surface area is 78.5 Å². The largest absolute Gasteiger partial charge is 0.339 e. The second-order valence-electron chi connectivity index (χ2n) is 4.86. The Bertz CT molecular complexity index is 237. The van der Waals surface area contributed by atoms with Crippen molar-refractivity contribution in [3.8, 4) is 0 Å². The zero-order chi connectivity index (χ0) is 9.00. The molecule has 1 saturated carbocycles. The van der Waals surface area contributed by atoms with Gasteiger partial charge in [0.15, 0.2) is 0 Å². The lowest BCUT2D eigenvalue weighted by Crippen LogP contribution is -2.67. The highest BCUT2D eigenvalue weighted by Gasteiger charge is 2.45. The predicted octanol–water partition coefficient (Wildman–Crippen LogP) is 0.215. The van der Waals surface area contributed by atoms with E-state index in [1.807, 2.05) is 0 Å². The van der Waals surface area contributed by atoms with Crippen LogP contribution in [-0.2, 0) is 4.79 Å². The van der Waals surface area contributed by atoms with Crippen LogP contribution in [-0.4, -0.2) is 36.0 Å². The van der Waals surface area contributed by atoms with Crippen LogP contribution in [0.3, 0.4) is 0 Å². The van der Waals surface area contributed by atoms with Crippen LogP contribution in [0.15, 0.2) is 0 Å². The van der Waals surface area contributed by atoms with Crippen molar-refractivity contribution in [2.45, 2.75) is 31.8 Å². The van der Waals surface area contributed by atoms with Crippen LogP contribution in [0.2, 0.25) is 0 Å². The van der Waals surface area contributed by atoms with Crippen LogP contribution in [0.1, 0.15) is 19.8 Å². The minimum absolute atomic E-state index is 0.373. The normalized spacial score (nSPS) is 47.0. The van der Waals surface area contributed by atoms with Crippen molar-refractivity contribution < 1.29 is 4.79 Å². The Hall–Kier alpha value is -0.570. The number of amides is 1. The summed E-state index contributed by atoms with van der Waals surface area (Å²) < 4.78 is 0. The van der Waals surface area contributed by atoms with Crippen molar-refractivity contribution >= 4 is 5.91 Å². The molecule has 3 heteroatoms. The molecular formula is C10H16N2O. The number of hydrogen-bond acceptors (Lipinski definition) is 2. The maximum absolute atomic E-state index is 11.8. The average Bonchev–Trinajstić information content (AvgIpc) is 2.80. The van der Waals surface area contributed by atoms with Crippen molar-refractivity contribution in [3.63, 3.8) is 0 Å². The standard InChI is InChI=1S/C10H16N2O/c1-6-2-9(6)10(13)12-4-7-3-8(5-12)11-7/h6-9,11H,2-5H2,1H3/t6-,7?,8?,9+/m0/s1. The molecule has 13 heavy (non-hydrogen) atoms. The second kappa shape index (κ2) is 2.47. The maximum Gasteiger partial charge on any atom is 0.226 e. The van der Waals surface area contributed by atoms with Crippen LogP contribution >= 0.6 is 0 Å². The molecule has 3 aliphatic heterocycles. The van der Waals surface area contributed by atoms with Gasteiger partial charge in [0.2, 0.25) is 5.91 Å². The summed E-state index contributed by atoms with van der Waals surface area (Å²) in [6.45, 7) is 4.09. The van der Waals surface area contributed by atoms with Crippen LogP contribution < -0.4 is 5.32 Å². The van der Waals surface area contributed by atoms with Gasteiger partial charge in [0.25, 0.3) is 0 Å². The molecule has 0 aromatic rings. The highest BCUT2D eigenvalue weighted by molar-refractivity contribution is 5.82. The quantitative estimate of drug-likeness (QED) is 0.626. The number of rotatable bonds is 1. The lowest BCUT2D eigenvalue weighted by molar-refractivity contribution is -0.137. The topological polar surface area (TPSA) is 32.3 Å². The van der Waals surface area contributed by atoms with E-state index in [2.05, 4.69) is 17.1 Å². The highest BCUT2D eigenvalue weighted by Crippen LogP contribution is 2.40. The van der Waals surface area contributed by atoms with Gasteiger partial charge in [-0.25, -0.2) is 0 Å². The molecular weight excluding hydrogens is 164 g/mol. The van der Waals surface area contributed by atoms with E-state index in [1.54, 1.807) is 0 Å². The van der Waals surface area contributed by atoms with E-state index in [9.17, 15) is 4.79 Å². The number of carbonyl (C=O) groups is 1. The summed E-state index contributed by atoms with van der Waals surface area (Å²) in [5, 5.41) is 3.44. The molecule has 0 aromatic carbocycles. The van der Waals surface area contributed by atoms with E-state index in [0.29, 0.717) is 29.8 Å². The van der Waals surface area contributed by atoms with E-state index < -0.39 is 0 Å². The van der Waals surface area contributed by atoms with Crippen molar-refractivity contribution in [1.82, 2.24) is 10.2 Å². The van der Waals surface area contributed by atoms with Gasteiger partial charge in [-0.15, -0.1) is 0 Å². The highest BCUT2D eigenvalue weighted by atomic mass is 16.2. The Morgan fingerprint density at radius 3 is 2.31 bits per heavy atom. The van der Waals surface area contributed by atoms with Gasteiger partial charge in [0.1, 0.15) is 0 Å². The van der Waals surface area contributed by atoms with Gasteiger partial charge in [-0.3, -0.25) is 4.79 Å². The summed E-state index contributed by atoms with van der Waals surface area (Å²) in [7, 11) is 0. The summed E-state index contributed by atoms with van der Waals surface area (Å²) in [5.74, 6) is 1.44. The number of fused-ring (bicyclic) bond motifs is 2. The summed E-state index contributed by atoms with van der Waals surface area (Å²) in [4.78, 5) is 13.9. The first kappa shape index (κ1) is 7.80. The van der Waals surface area contributed by atoms with E-state index in [0.717, 1.165) is 19.5 Å². The third kappa shape index (κ3) is 1.17. The van der Waals surface area contributed by atoms with Crippen molar-refractivity contribution in [1.29, 1.82) is 0 Å². The van der Waals surface area contributed by atoms with Crippen molar-refractivity contribution in [3.05, 3.63) is 0 Å². The van der Waals surface area contributed by atoms with E-state index in [1.165, 1.54) is 6.42 Å². The van der Waals surface area contributed by atoms with E-state index in [4.69, 9.17) is 0 Å². The van der Waals surface area contributed by atoms with Gasteiger partial charge in [0, 0.05) is 31.1 Å². The fourth-order valence-corrected chi connectivity index (χ4v) is 2.59. The molecule has 4 atom stereocenters. The molecule has 4 rings (SSSR count). The summed E-state index contributed by atoms with van der Waals surface area (Å²) >= 11 is 0. The first-order chi connectivity index (χ1) is 6.24. The minimum atomic E-state index is 0.373. The molecule has 2 bridgehead atoms. The van der Waals surface area contributed by atoms with Crippen LogP contribution in [0, 0.1) is 11.8 Å². The van der Waals surface area contributed by atoms with Gasteiger partial charge >= 0.3 is 0 Å². The SMILES string of the molecule is C[C@H]1C[C@H]1C(=O)N1CC2CC(C1)N2. The molecule has 4 aliphatic rings. The van der Waals surface area contributed by atoms with Gasteiger partial charge in [-0.05, 0) is 18.8 Å². The molecule has 1 aliphatic carbocycles. The molecule has 2 unspecified atom stereocenters. The lowest BCUT2D eigenvalue weighted by atomic mass is 9.91. The zero-order valence-corrected chi connectivity index (χ0v) is 7.99. The monoisotopic (exact) mass is 180 g/mol. The molecule has 0 spiro atoms. The molecule has 0 aromatic heterocycles. The Morgan fingerprint density at radius 1 is 1.31 bits per heavy atom. The molecule has 1 amide bonds. The molecule has 3 heterocycles. The number of carbonyl (C=O) groups excluding carboxylic acids is 1. The molecule has 72 valence electrons. The number of piperazine rings is 1. The van der Waals surface area contributed by atoms with Gasteiger partial charge in [-0.1, -0.05) is 6.92 Å². The van der Waals surface area contributed by atoms with Gasteiger partial charge in [0.05, 0.1) is 0 Å². The third-order valence-corrected chi connectivity index (χ3v) is 3.66. The number of hydrogen-bond donors (Lipinski definition) is 1. The fraction of sp³-hybridized carbons (Fsp3) is 0.900. The van der Waals surface area contributed by atoms with E-state index in [-0.39, 0.29) is 0 Å². The Kier molecular flexibility index (Phi) is 1.48. The molecule has 4 fully saturated rings. The van der Waals surface area contributed by atoms with Crippen LogP contribution in [0.4, 0.5) is 0 Å².